The quantitative estimate of drug-likeness (QED) is 0.817. The molecule has 0 unspecified atom stereocenters. The molecule has 1 aromatic carbocycles. The molecule has 2 saturated heterocycles. The number of halogens is 1. The van der Waals surface area contributed by atoms with Crippen molar-refractivity contribution in [1.29, 1.82) is 0 Å². The Morgan fingerprint density at radius 1 is 1.17 bits per heavy atom. The number of piperidine rings is 2. The molecule has 1 spiro atoms. The van der Waals surface area contributed by atoms with Gasteiger partial charge < -0.3 is 15.0 Å². The number of nitrogens with zero attached hydrogens (tertiary/aromatic N) is 3. The molecule has 1 atom stereocenters. The topological polar surface area (TPSA) is 59.4 Å². The van der Waals surface area contributed by atoms with E-state index in [4.69, 9.17) is 9.84 Å². The number of ether oxygens (including phenoxy) is 1. The third kappa shape index (κ3) is 3.81. The van der Waals surface area contributed by atoms with Crippen molar-refractivity contribution < 1.29 is 9.53 Å². The van der Waals surface area contributed by atoms with Gasteiger partial charge in [0.05, 0.1) is 24.0 Å². The van der Waals surface area contributed by atoms with Crippen LogP contribution in [-0.2, 0) is 21.6 Å². The Hall–Kier alpha value is -1.89. The summed E-state index contributed by atoms with van der Waals surface area (Å²) in [7, 11) is 0. The van der Waals surface area contributed by atoms with Gasteiger partial charge in [0.1, 0.15) is 5.60 Å². The normalized spacial score (nSPS) is 23.3. The zero-order chi connectivity index (χ0) is 19.0. The summed E-state index contributed by atoms with van der Waals surface area (Å²) < 4.78 is 8.30. The summed E-state index contributed by atoms with van der Waals surface area (Å²) in [5, 5.41) is 8.32. The first-order valence-electron chi connectivity index (χ1n) is 10.6. The van der Waals surface area contributed by atoms with Crippen molar-refractivity contribution in [2.75, 3.05) is 26.2 Å². The van der Waals surface area contributed by atoms with Gasteiger partial charge in [-0.15, -0.1) is 12.4 Å². The summed E-state index contributed by atoms with van der Waals surface area (Å²) in [5.74, 6) is 0.264. The second kappa shape index (κ2) is 8.46. The van der Waals surface area contributed by atoms with Crippen molar-refractivity contribution in [2.45, 2.75) is 50.2 Å². The standard InChI is InChI=1S/C22H28N4O2.ClH/c27-21(19-8-4-5-12-23-19)25-13-10-22(11-14-25)20-17(9-15-28-22)16-26(24-20)18-6-2-1-3-7-18;/h1-3,6-7,16,19,23H,4-5,8-15H2;1H/t19-;/m0./s1. The smallest absolute Gasteiger partial charge is 0.239 e. The molecule has 156 valence electrons. The Bertz CT molecular complexity index is 840. The fraction of sp³-hybridized carbons (Fsp3) is 0.545. The first kappa shape index (κ1) is 20.4. The summed E-state index contributed by atoms with van der Waals surface area (Å²) in [6.45, 7) is 3.17. The number of nitrogens with one attached hydrogen (secondary N) is 1. The molecule has 6 nitrogen and oxygen atoms in total. The van der Waals surface area contributed by atoms with Crippen LogP contribution in [0.2, 0.25) is 0 Å². The maximum absolute atomic E-state index is 12.9. The third-order valence-corrected chi connectivity index (χ3v) is 6.48. The third-order valence-electron chi connectivity index (χ3n) is 6.48. The number of benzene rings is 1. The van der Waals surface area contributed by atoms with Crippen molar-refractivity contribution in [1.82, 2.24) is 20.0 Å². The van der Waals surface area contributed by atoms with Gasteiger partial charge in [0.15, 0.2) is 0 Å². The summed E-state index contributed by atoms with van der Waals surface area (Å²) in [4.78, 5) is 14.9. The molecule has 7 heteroatoms. The first-order chi connectivity index (χ1) is 13.8. The fourth-order valence-electron chi connectivity index (χ4n) is 4.87. The van der Waals surface area contributed by atoms with Crippen molar-refractivity contribution in [2.24, 2.45) is 0 Å². The van der Waals surface area contributed by atoms with Crippen LogP contribution in [0.25, 0.3) is 5.69 Å². The lowest BCUT2D eigenvalue weighted by Crippen LogP contribution is -2.54. The van der Waals surface area contributed by atoms with E-state index in [-0.39, 0.29) is 30.0 Å². The van der Waals surface area contributed by atoms with E-state index in [2.05, 4.69) is 23.6 Å². The van der Waals surface area contributed by atoms with Crippen molar-refractivity contribution in [3.05, 3.63) is 47.8 Å². The number of hydrogen-bond acceptors (Lipinski definition) is 4. The Kier molecular flexibility index (Phi) is 5.95. The van der Waals surface area contributed by atoms with Gasteiger partial charge in [-0.25, -0.2) is 4.68 Å². The lowest BCUT2D eigenvalue weighted by Gasteiger charge is -2.43. The molecule has 3 aliphatic heterocycles. The Morgan fingerprint density at radius 3 is 2.69 bits per heavy atom. The minimum atomic E-state index is -0.343. The highest BCUT2D eigenvalue weighted by Gasteiger charge is 2.44. The van der Waals surface area contributed by atoms with Crippen molar-refractivity contribution >= 4 is 18.3 Å². The van der Waals surface area contributed by atoms with Crippen LogP contribution in [0.3, 0.4) is 0 Å². The lowest BCUT2D eigenvalue weighted by atomic mass is 9.83. The molecule has 1 aromatic heterocycles. The highest BCUT2D eigenvalue weighted by atomic mass is 35.5. The van der Waals surface area contributed by atoms with E-state index in [1.807, 2.05) is 27.8 Å². The maximum Gasteiger partial charge on any atom is 0.239 e. The van der Waals surface area contributed by atoms with Gasteiger partial charge in [0.2, 0.25) is 5.91 Å². The molecule has 2 fully saturated rings. The predicted molar refractivity (Wildman–Crippen MR) is 114 cm³/mol. The average Bonchev–Trinajstić information content (AvgIpc) is 3.21. The van der Waals surface area contributed by atoms with Gasteiger partial charge in [0.25, 0.3) is 0 Å². The van der Waals surface area contributed by atoms with E-state index in [9.17, 15) is 4.79 Å². The van der Waals surface area contributed by atoms with Gasteiger partial charge >= 0.3 is 0 Å². The summed E-state index contributed by atoms with van der Waals surface area (Å²) in [6, 6.07) is 10.2. The van der Waals surface area contributed by atoms with Crippen LogP contribution >= 0.6 is 12.4 Å². The maximum atomic E-state index is 12.9. The van der Waals surface area contributed by atoms with Crippen LogP contribution in [0, 0.1) is 0 Å². The fourth-order valence-corrected chi connectivity index (χ4v) is 4.87. The Balaban J connectivity index is 0.00000205. The largest absolute Gasteiger partial charge is 0.368 e. The molecule has 0 saturated carbocycles. The monoisotopic (exact) mass is 416 g/mol. The molecule has 0 radical (unpaired) electrons. The van der Waals surface area contributed by atoms with E-state index in [1.54, 1.807) is 0 Å². The number of likely N-dealkylation sites (tertiary alicyclic amines) is 1. The molecule has 1 amide bonds. The van der Waals surface area contributed by atoms with Gasteiger partial charge in [0, 0.05) is 19.3 Å². The average molecular weight is 417 g/mol. The zero-order valence-electron chi connectivity index (χ0n) is 16.7. The van der Waals surface area contributed by atoms with Crippen molar-refractivity contribution in [3.8, 4) is 5.69 Å². The van der Waals surface area contributed by atoms with Gasteiger partial charge in [-0.1, -0.05) is 24.6 Å². The van der Waals surface area contributed by atoms with Gasteiger partial charge in [-0.3, -0.25) is 4.79 Å². The van der Waals surface area contributed by atoms with E-state index in [1.165, 1.54) is 12.0 Å². The van der Waals surface area contributed by atoms with E-state index in [0.29, 0.717) is 0 Å². The summed E-state index contributed by atoms with van der Waals surface area (Å²) in [6.07, 6.45) is 7.98. The lowest BCUT2D eigenvalue weighted by molar-refractivity contribution is -0.143. The van der Waals surface area contributed by atoms with Crippen LogP contribution in [0.5, 0.6) is 0 Å². The number of amides is 1. The van der Waals surface area contributed by atoms with Crippen LogP contribution in [0.15, 0.2) is 36.5 Å². The molecule has 0 bridgehead atoms. The molecule has 1 N–H and O–H groups in total. The van der Waals surface area contributed by atoms with Crippen LogP contribution in [0.1, 0.15) is 43.4 Å². The van der Waals surface area contributed by atoms with Crippen LogP contribution in [0.4, 0.5) is 0 Å². The summed E-state index contributed by atoms with van der Waals surface area (Å²) in [5.41, 5.74) is 3.09. The SMILES string of the molecule is Cl.O=C([C@@H]1CCCCN1)N1CCC2(CC1)OCCc1cn(-c3ccccc3)nc12. The second-order valence-electron chi connectivity index (χ2n) is 8.20. The number of fused-ring (bicyclic) bond motifs is 2. The predicted octanol–water partition coefficient (Wildman–Crippen LogP) is 2.83. The van der Waals surface area contributed by atoms with Crippen LogP contribution < -0.4 is 5.32 Å². The first-order valence-corrected chi connectivity index (χ1v) is 10.6. The minimum Gasteiger partial charge on any atom is -0.368 e. The molecular weight excluding hydrogens is 388 g/mol. The molecule has 0 aliphatic carbocycles. The van der Waals surface area contributed by atoms with E-state index in [0.717, 1.165) is 69.7 Å². The summed E-state index contributed by atoms with van der Waals surface area (Å²) >= 11 is 0. The second-order valence-corrected chi connectivity index (χ2v) is 8.20. The number of hydrogen-bond donors (Lipinski definition) is 1. The van der Waals surface area contributed by atoms with E-state index >= 15 is 0 Å². The zero-order valence-corrected chi connectivity index (χ0v) is 17.5. The molecule has 3 aliphatic rings. The number of para-hydroxylation sites is 1. The molecule has 5 rings (SSSR count). The molecule has 2 aromatic rings. The number of carbonyl (C=O) groups is 1. The molecule has 4 heterocycles. The Labute approximate surface area is 178 Å². The number of carbonyl (C=O) groups excluding carboxylic acids is 1. The van der Waals surface area contributed by atoms with Crippen molar-refractivity contribution in [3.63, 3.8) is 0 Å². The highest BCUT2D eigenvalue weighted by Crippen LogP contribution is 2.41. The Morgan fingerprint density at radius 2 is 1.97 bits per heavy atom. The molecule has 29 heavy (non-hydrogen) atoms. The highest BCUT2D eigenvalue weighted by molar-refractivity contribution is 5.85. The van der Waals surface area contributed by atoms with Crippen LogP contribution in [-0.4, -0.2) is 52.9 Å². The minimum absolute atomic E-state index is 0. The number of aromatic nitrogens is 2. The van der Waals surface area contributed by atoms with Gasteiger partial charge in [-0.05, 0) is 56.3 Å². The molecular formula is C22H29ClN4O2. The van der Waals surface area contributed by atoms with E-state index < -0.39 is 0 Å². The van der Waals surface area contributed by atoms with Gasteiger partial charge in [-0.2, -0.15) is 5.10 Å². The number of rotatable bonds is 2.